The molecule has 1 aromatic heterocycles. The van der Waals surface area contributed by atoms with Crippen LogP contribution in [-0.4, -0.2) is 33.7 Å². The summed E-state index contributed by atoms with van der Waals surface area (Å²) in [5.41, 5.74) is 11.1. The van der Waals surface area contributed by atoms with E-state index in [1.807, 2.05) is 55.6 Å². The first-order chi connectivity index (χ1) is 16.5. The van der Waals surface area contributed by atoms with Gasteiger partial charge in [0, 0.05) is 35.6 Å². The minimum absolute atomic E-state index is 0.162. The number of H-pyrrole nitrogens is 1. The highest BCUT2D eigenvalue weighted by Gasteiger charge is 2.42. The number of fused-ring (bicyclic) bond motifs is 7. The lowest BCUT2D eigenvalue weighted by molar-refractivity contribution is -0.140. The van der Waals surface area contributed by atoms with Gasteiger partial charge < -0.3 is 10.1 Å². The van der Waals surface area contributed by atoms with Crippen molar-refractivity contribution in [1.82, 2.24) is 10.4 Å². The smallest absolute Gasteiger partial charge is 0.327 e. The molecular formula is C27H26N4O3. The Morgan fingerprint density at radius 3 is 2.85 bits per heavy atom. The zero-order valence-corrected chi connectivity index (χ0v) is 19.0. The Kier molecular flexibility index (Phi) is 4.79. The summed E-state index contributed by atoms with van der Waals surface area (Å²) in [7, 11) is 0. The van der Waals surface area contributed by atoms with Crippen molar-refractivity contribution in [2.45, 2.75) is 51.0 Å². The first-order valence-corrected chi connectivity index (χ1v) is 11.8. The lowest BCUT2D eigenvalue weighted by Gasteiger charge is -2.26. The van der Waals surface area contributed by atoms with Crippen molar-refractivity contribution >= 4 is 34.2 Å². The summed E-state index contributed by atoms with van der Waals surface area (Å²) in [6, 6.07) is 12.6. The molecule has 172 valence electrons. The summed E-state index contributed by atoms with van der Waals surface area (Å²) in [4.78, 5) is 30.8. The number of aryl methyl sites for hydroxylation is 1. The maximum Gasteiger partial charge on any atom is 0.327 e. The van der Waals surface area contributed by atoms with Crippen molar-refractivity contribution in [3.8, 4) is 0 Å². The molecule has 2 bridgehead atoms. The highest BCUT2D eigenvalue weighted by atomic mass is 16.4. The summed E-state index contributed by atoms with van der Waals surface area (Å²) in [6.07, 6.45) is 6.03. The minimum Gasteiger partial charge on any atom is -0.480 e. The van der Waals surface area contributed by atoms with E-state index in [0.717, 1.165) is 59.1 Å². The SMILES string of the molecule is CC1C(=O)N(C(Cc2ccccc2)C(=O)O)c2cc3c4c([nH]c3cc21)C1=NNC=C(CCC4)C1. The second kappa shape index (κ2) is 7.87. The van der Waals surface area contributed by atoms with E-state index in [1.54, 1.807) is 0 Å². The largest absolute Gasteiger partial charge is 0.480 e. The van der Waals surface area contributed by atoms with E-state index in [4.69, 9.17) is 0 Å². The van der Waals surface area contributed by atoms with Crippen LogP contribution in [0.4, 0.5) is 5.69 Å². The number of aromatic nitrogens is 1. The molecule has 7 nitrogen and oxygen atoms in total. The second-order valence-electron chi connectivity index (χ2n) is 9.43. The molecule has 3 aliphatic rings. The number of carboxylic acids is 1. The molecule has 2 aliphatic heterocycles. The molecule has 3 N–H and O–H groups in total. The number of anilines is 1. The molecule has 0 spiro atoms. The number of nitrogens with one attached hydrogen (secondary N) is 2. The Morgan fingerprint density at radius 2 is 2.06 bits per heavy atom. The summed E-state index contributed by atoms with van der Waals surface area (Å²) in [6.45, 7) is 1.86. The number of amides is 1. The summed E-state index contributed by atoms with van der Waals surface area (Å²) < 4.78 is 0. The zero-order chi connectivity index (χ0) is 23.4. The number of aromatic amines is 1. The van der Waals surface area contributed by atoms with Crippen LogP contribution >= 0.6 is 0 Å². The maximum absolute atomic E-state index is 13.3. The Labute approximate surface area is 197 Å². The molecule has 3 heterocycles. The molecule has 34 heavy (non-hydrogen) atoms. The van der Waals surface area contributed by atoms with E-state index in [-0.39, 0.29) is 12.3 Å². The van der Waals surface area contributed by atoms with Gasteiger partial charge in [-0.2, -0.15) is 5.10 Å². The zero-order valence-electron chi connectivity index (χ0n) is 19.0. The molecule has 1 aliphatic carbocycles. The Hall–Kier alpha value is -3.87. The van der Waals surface area contributed by atoms with Crippen LogP contribution < -0.4 is 10.3 Å². The van der Waals surface area contributed by atoms with Gasteiger partial charge in [-0.15, -0.1) is 0 Å². The van der Waals surface area contributed by atoms with E-state index in [0.29, 0.717) is 5.69 Å². The van der Waals surface area contributed by atoms with Gasteiger partial charge in [0.05, 0.1) is 17.3 Å². The highest BCUT2D eigenvalue weighted by Crippen LogP contribution is 2.43. The van der Waals surface area contributed by atoms with Crippen molar-refractivity contribution in [2.75, 3.05) is 4.90 Å². The van der Waals surface area contributed by atoms with Gasteiger partial charge in [0.15, 0.2) is 0 Å². The molecule has 0 fully saturated rings. The van der Waals surface area contributed by atoms with Gasteiger partial charge in [0.2, 0.25) is 5.91 Å². The molecule has 7 heteroatoms. The monoisotopic (exact) mass is 454 g/mol. The van der Waals surface area contributed by atoms with E-state index in [2.05, 4.69) is 15.5 Å². The molecule has 2 aromatic carbocycles. The fraction of sp³-hybridized carbons (Fsp3) is 0.296. The third-order valence-corrected chi connectivity index (χ3v) is 7.33. The molecule has 2 atom stereocenters. The summed E-state index contributed by atoms with van der Waals surface area (Å²) >= 11 is 0. The number of nitrogens with zero attached hydrogens (tertiary/aromatic N) is 2. The normalized spacial score (nSPS) is 20.0. The topological polar surface area (TPSA) is 97.8 Å². The van der Waals surface area contributed by atoms with Gasteiger partial charge in [-0.3, -0.25) is 15.1 Å². The molecule has 2 unspecified atom stereocenters. The average Bonchev–Trinajstić information content (AvgIpc) is 3.30. The number of benzene rings is 2. The van der Waals surface area contributed by atoms with Crippen LogP contribution in [-0.2, 0) is 22.4 Å². The first kappa shape index (κ1) is 20.7. The van der Waals surface area contributed by atoms with Crippen LogP contribution in [0.15, 0.2) is 59.3 Å². The lowest BCUT2D eigenvalue weighted by atomic mass is 9.91. The van der Waals surface area contributed by atoms with Crippen LogP contribution in [0.2, 0.25) is 0 Å². The van der Waals surface area contributed by atoms with Crippen LogP contribution in [0.25, 0.3) is 10.9 Å². The summed E-state index contributed by atoms with van der Waals surface area (Å²) in [5.74, 6) is -1.56. The Balaban J connectivity index is 1.48. The minimum atomic E-state index is -0.997. The van der Waals surface area contributed by atoms with Crippen LogP contribution in [0.3, 0.4) is 0 Å². The standard InChI is InChI=1S/C27H26N4O3/c1-15-19-12-21-20(18-9-5-8-17-10-22(25(18)29-21)30-28-14-17)13-23(19)31(26(15)32)24(27(33)34)11-16-6-3-2-4-7-16/h2-4,6-7,12-15,24,28-29H,5,8-11H2,1H3,(H,33,34). The molecule has 1 amide bonds. The predicted octanol–water partition coefficient (Wildman–Crippen LogP) is 4.23. The van der Waals surface area contributed by atoms with Crippen molar-refractivity contribution in [2.24, 2.45) is 5.10 Å². The van der Waals surface area contributed by atoms with Gasteiger partial charge in [0.25, 0.3) is 0 Å². The van der Waals surface area contributed by atoms with E-state index >= 15 is 0 Å². The van der Waals surface area contributed by atoms with Crippen LogP contribution in [0, 0.1) is 0 Å². The Bertz CT molecular complexity index is 1390. The van der Waals surface area contributed by atoms with Gasteiger partial charge in [-0.1, -0.05) is 30.3 Å². The molecule has 3 aromatic rings. The quantitative estimate of drug-likeness (QED) is 0.549. The van der Waals surface area contributed by atoms with Crippen molar-refractivity contribution < 1.29 is 14.7 Å². The van der Waals surface area contributed by atoms with E-state index in [9.17, 15) is 14.7 Å². The maximum atomic E-state index is 13.3. The van der Waals surface area contributed by atoms with Gasteiger partial charge in [-0.25, -0.2) is 4.79 Å². The van der Waals surface area contributed by atoms with E-state index in [1.165, 1.54) is 16.0 Å². The number of allylic oxidation sites excluding steroid dienone is 1. The average molecular weight is 455 g/mol. The molecule has 0 saturated heterocycles. The predicted molar refractivity (Wildman–Crippen MR) is 131 cm³/mol. The van der Waals surface area contributed by atoms with Crippen LogP contribution in [0.5, 0.6) is 0 Å². The number of rotatable bonds is 4. The third-order valence-electron chi connectivity index (χ3n) is 7.33. The lowest BCUT2D eigenvalue weighted by Crippen LogP contribution is -2.45. The molecule has 6 rings (SSSR count). The Morgan fingerprint density at radius 1 is 1.24 bits per heavy atom. The van der Waals surface area contributed by atoms with Crippen molar-refractivity contribution in [3.63, 3.8) is 0 Å². The number of carboxylic acid groups (broad SMARTS) is 1. The molecular weight excluding hydrogens is 428 g/mol. The van der Waals surface area contributed by atoms with Crippen LogP contribution in [0.1, 0.15) is 54.5 Å². The number of aliphatic carboxylic acids is 1. The second-order valence-corrected chi connectivity index (χ2v) is 9.43. The van der Waals surface area contributed by atoms with Gasteiger partial charge in [0.1, 0.15) is 6.04 Å². The number of carbonyl (C=O) groups is 2. The van der Waals surface area contributed by atoms with Gasteiger partial charge in [-0.05, 0) is 60.6 Å². The number of carbonyl (C=O) groups excluding carboxylic acids is 1. The third kappa shape index (κ3) is 3.22. The van der Waals surface area contributed by atoms with E-state index < -0.39 is 17.9 Å². The number of hydrogen-bond acceptors (Lipinski definition) is 4. The number of hydrogen-bond donors (Lipinski definition) is 3. The van der Waals surface area contributed by atoms with Gasteiger partial charge >= 0.3 is 5.97 Å². The first-order valence-electron chi connectivity index (χ1n) is 11.8. The highest BCUT2D eigenvalue weighted by molar-refractivity contribution is 6.12. The molecule has 0 radical (unpaired) electrons. The molecule has 0 saturated carbocycles. The number of hydrazone groups is 1. The van der Waals surface area contributed by atoms with Crippen molar-refractivity contribution in [3.05, 3.63) is 76.6 Å². The van der Waals surface area contributed by atoms with Crippen molar-refractivity contribution in [1.29, 1.82) is 0 Å². The summed E-state index contributed by atoms with van der Waals surface area (Å²) in [5, 5.41) is 15.7. The fourth-order valence-corrected chi connectivity index (χ4v) is 5.58. The fourth-order valence-electron chi connectivity index (χ4n) is 5.58.